The van der Waals surface area contributed by atoms with Crippen molar-refractivity contribution in [2.75, 3.05) is 6.61 Å². The first-order valence-electron chi connectivity index (χ1n) is 5.27. The number of benzene rings is 1. The van der Waals surface area contributed by atoms with Gasteiger partial charge in [-0.2, -0.15) is 0 Å². The molecule has 0 aliphatic heterocycles. The minimum Gasteiger partial charge on any atom is -0.493 e. The monoisotopic (exact) mass is 270 g/mol. The van der Waals surface area contributed by atoms with Gasteiger partial charge in [-0.25, -0.2) is 0 Å². The second kappa shape index (κ2) is 4.54. The van der Waals surface area contributed by atoms with E-state index in [-0.39, 0.29) is 0 Å². The number of hydrogen-bond acceptors (Lipinski definition) is 2. The Bertz CT molecular complexity index is 345. The summed E-state index contributed by atoms with van der Waals surface area (Å²) in [5, 5.41) is 9.58. The molecule has 0 radical (unpaired) electrons. The number of rotatable bonds is 4. The molecule has 1 saturated carbocycles. The van der Waals surface area contributed by atoms with E-state index in [0.29, 0.717) is 0 Å². The standard InChI is InChI=1S/C12H15BrO2/c1-8(14)11-5-4-10(13)6-12(11)15-7-9-2-3-9/h4-6,8-9,14H,2-3,7H2,1H3/t8-/m1/s1. The molecular formula is C12H15BrO2. The van der Waals surface area contributed by atoms with Crippen LogP contribution in [0.15, 0.2) is 22.7 Å². The van der Waals surface area contributed by atoms with Crippen LogP contribution in [-0.2, 0) is 0 Å². The van der Waals surface area contributed by atoms with Crippen molar-refractivity contribution in [1.82, 2.24) is 0 Å². The lowest BCUT2D eigenvalue weighted by Crippen LogP contribution is -2.03. The summed E-state index contributed by atoms with van der Waals surface area (Å²) in [4.78, 5) is 0. The van der Waals surface area contributed by atoms with Gasteiger partial charge in [0.05, 0.1) is 12.7 Å². The van der Waals surface area contributed by atoms with E-state index in [4.69, 9.17) is 4.74 Å². The highest BCUT2D eigenvalue weighted by molar-refractivity contribution is 9.10. The van der Waals surface area contributed by atoms with Crippen LogP contribution in [0, 0.1) is 5.92 Å². The van der Waals surface area contributed by atoms with E-state index in [9.17, 15) is 5.11 Å². The van der Waals surface area contributed by atoms with E-state index in [1.165, 1.54) is 12.8 Å². The Morgan fingerprint density at radius 1 is 1.53 bits per heavy atom. The molecule has 0 spiro atoms. The molecule has 1 aromatic rings. The van der Waals surface area contributed by atoms with Crippen LogP contribution in [0.1, 0.15) is 31.4 Å². The maximum atomic E-state index is 9.58. The number of hydrogen-bond donors (Lipinski definition) is 1. The summed E-state index contributed by atoms with van der Waals surface area (Å²) in [5.41, 5.74) is 0.860. The molecule has 1 atom stereocenters. The highest BCUT2D eigenvalue weighted by Crippen LogP contribution is 2.33. The van der Waals surface area contributed by atoms with Crippen molar-refractivity contribution in [1.29, 1.82) is 0 Å². The third-order valence-electron chi connectivity index (χ3n) is 2.60. The van der Waals surface area contributed by atoms with Crippen LogP contribution in [0.4, 0.5) is 0 Å². The highest BCUT2D eigenvalue weighted by atomic mass is 79.9. The first-order valence-corrected chi connectivity index (χ1v) is 6.06. The Kier molecular flexibility index (Phi) is 3.32. The summed E-state index contributed by atoms with van der Waals surface area (Å²) in [5.74, 6) is 1.53. The van der Waals surface area contributed by atoms with E-state index < -0.39 is 6.10 Å². The zero-order valence-corrected chi connectivity index (χ0v) is 10.3. The van der Waals surface area contributed by atoms with Crippen molar-refractivity contribution < 1.29 is 9.84 Å². The predicted octanol–water partition coefficient (Wildman–Crippen LogP) is 3.29. The van der Waals surface area contributed by atoms with Crippen LogP contribution in [-0.4, -0.2) is 11.7 Å². The van der Waals surface area contributed by atoms with Crippen LogP contribution >= 0.6 is 15.9 Å². The van der Waals surface area contributed by atoms with Gasteiger partial charge in [0.15, 0.2) is 0 Å². The second-order valence-corrected chi connectivity index (χ2v) is 5.03. The second-order valence-electron chi connectivity index (χ2n) is 4.11. The molecule has 15 heavy (non-hydrogen) atoms. The lowest BCUT2D eigenvalue weighted by Gasteiger charge is -2.13. The van der Waals surface area contributed by atoms with Crippen molar-refractivity contribution in [3.63, 3.8) is 0 Å². The molecule has 0 aromatic heterocycles. The van der Waals surface area contributed by atoms with E-state index >= 15 is 0 Å². The summed E-state index contributed by atoms with van der Waals surface area (Å²) in [6.07, 6.45) is 2.07. The summed E-state index contributed by atoms with van der Waals surface area (Å²) in [6, 6.07) is 5.74. The first-order chi connectivity index (χ1) is 7.16. The highest BCUT2D eigenvalue weighted by Gasteiger charge is 2.22. The van der Waals surface area contributed by atoms with Gasteiger partial charge in [0, 0.05) is 10.0 Å². The van der Waals surface area contributed by atoms with Crippen LogP contribution in [0.5, 0.6) is 5.75 Å². The van der Waals surface area contributed by atoms with Gasteiger partial charge < -0.3 is 9.84 Å². The van der Waals surface area contributed by atoms with Gasteiger partial charge in [0.2, 0.25) is 0 Å². The van der Waals surface area contributed by atoms with E-state index in [1.54, 1.807) is 6.92 Å². The quantitative estimate of drug-likeness (QED) is 0.910. The van der Waals surface area contributed by atoms with Gasteiger partial charge in [-0.3, -0.25) is 0 Å². The topological polar surface area (TPSA) is 29.5 Å². The van der Waals surface area contributed by atoms with E-state index in [2.05, 4.69) is 15.9 Å². The average molecular weight is 271 g/mol. The fraction of sp³-hybridized carbons (Fsp3) is 0.500. The SMILES string of the molecule is C[C@@H](O)c1ccc(Br)cc1OCC1CC1. The molecule has 0 unspecified atom stereocenters. The lowest BCUT2D eigenvalue weighted by atomic mass is 10.1. The third kappa shape index (κ3) is 2.95. The molecule has 1 fully saturated rings. The maximum Gasteiger partial charge on any atom is 0.126 e. The van der Waals surface area contributed by atoms with Gasteiger partial charge in [-0.05, 0) is 37.8 Å². The molecule has 0 heterocycles. The first kappa shape index (κ1) is 11.0. The Labute approximate surface area is 98.4 Å². The predicted molar refractivity (Wildman–Crippen MR) is 63.0 cm³/mol. The molecule has 82 valence electrons. The summed E-state index contributed by atoms with van der Waals surface area (Å²) < 4.78 is 6.70. The molecular weight excluding hydrogens is 256 g/mol. The number of aliphatic hydroxyl groups is 1. The molecule has 0 amide bonds. The Hall–Kier alpha value is -0.540. The van der Waals surface area contributed by atoms with Gasteiger partial charge in [-0.15, -0.1) is 0 Å². The zero-order valence-electron chi connectivity index (χ0n) is 8.74. The molecule has 3 heteroatoms. The zero-order chi connectivity index (χ0) is 10.8. The van der Waals surface area contributed by atoms with Crippen LogP contribution in [0.2, 0.25) is 0 Å². The van der Waals surface area contributed by atoms with Crippen LogP contribution in [0.3, 0.4) is 0 Å². The Morgan fingerprint density at radius 2 is 2.27 bits per heavy atom. The van der Waals surface area contributed by atoms with Crippen molar-refractivity contribution in [2.45, 2.75) is 25.9 Å². The van der Waals surface area contributed by atoms with Crippen molar-refractivity contribution in [2.24, 2.45) is 5.92 Å². The molecule has 1 aliphatic rings. The van der Waals surface area contributed by atoms with Gasteiger partial charge in [0.25, 0.3) is 0 Å². The van der Waals surface area contributed by atoms with E-state index in [1.807, 2.05) is 18.2 Å². The molecule has 2 nitrogen and oxygen atoms in total. The van der Waals surface area contributed by atoms with Gasteiger partial charge in [0.1, 0.15) is 5.75 Å². The molecule has 1 aliphatic carbocycles. The number of ether oxygens (including phenoxy) is 1. The Morgan fingerprint density at radius 3 is 2.87 bits per heavy atom. The average Bonchev–Trinajstić information content (AvgIpc) is 2.97. The van der Waals surface area contributed by atoms with Crippen molar-refractivity contribution in [3.8, 4) is 5.75 Å². The molecule has 0 saturated heterocycles. The van der Waals surface area contributed by atoms with Crippen molar-refractivity contribution >= 4 is 15.9 Å². The largest absolute Gasteiger partial charge is 0.493 e. The van der Waals surface area contributed by atoms with E-state index in [0.717, 1.165) is 28.3 Å². The summed E-state index contributed by atoms with van der Waals surface area (Å²) in [7, 11) is 0. The lowest BCUT2D eigenvalue weighted by molar-refractivity contribution is 0.190. The van der Waals surface area contributed by atoms with Crippen LogP contribution in [0.25, 0.3) is 0 Å². The van der Waals surface area contributed by atoms with Gasteiger partial charge >= 0.3 is 0 Å². The molecule has 1 aromatic carbocycles. The normalized spacial score (nSPS) is 17.5. The maximum absolute atomic E-state index is 9.58. The number of halogens is 1. The summed E-state index contributed by atoms with van der Waals surface area (Å²) >= 11 is 3.41. The molecule has 2 rings (SSSR count). The minimum absolute atomic E-state index is 0.479. The van der Waals surface area contributed by atoms with Crippen LogP contribution < -0.4 is 4.74 Å². The number of aliphatic hydroxyl groups excluding tert-OH is 1. The fourth-order valence-electron chi connectivity index (χ4n) is 1.47. The van der Waals surface area contributed by atoms with Gasteiger partial charge in [-0.1, -0.05) is 22.0 Å². The molecule has 0 bridgehead atoms. The third-order valence-corrected chi connectivity index (χ3v) is 3.09. The Balaban J connectivity index is 2.13. The van der Waals surface area contributed by atoms with Crippen molar-refractivity contribution in [3.05, 3.63) is 28.2 Å². The fourth-order valence-corrected chi connectivity index (χ4v) is 1.81. The minimum atomic E-state index is -0.479. The summed E-state index contributed by atoms with van der Waals surface area (Å²) in [6.45, 7) is 2.53. The molecule has 1 N–H and O–H groups in total. The smallest absolute Gasteiger partial charge is 0.126 e.